The van der Waals surface area contributed by atoms with E-state index in [2.05, 4.69) is 24.3 Å². The molecular formula is C20H23NO2S. The molecule has 0 aliphatic heterocycles. The van der Waals surface area contributed by atoms with E-state index in [1.165, 1.54) is 11.1 Å². The number of amides is 1. The standard InChI is InChI=1S/C20H23NO2S/c1-21(19-9-5-7-15-6-3-4-8-18(15)19)20(22)14-24-17-12-10-16(23-2)11-13-17/h3-4,6,8,10-13,19H,5,7,9,14H2,1-2H3/t19-/m1/s1. The molecule has 4 heteroatoms. The Morgan fingerprint density at radius 2 is 1.96 bits per heavy atom. The van der Waals surface area contributed by atoms with E-state index in [0.717, 1.165) is 29.9 Å². The highest BCUT2D eigenvalue weighted by Gasteiger charge is 2.26. The van der Waals surface area contributed by atoms with Crippen LogP contribution in [0.15, 0.2) is 53.4 Å². The van der Waals surface area contributed by atoms with Crippen molar-refractivity contribution in [1.29, 1.82) is 0 Å². The molecule has 0 heterocycles. The van der Waals surface area contributed by atoms with Crippen molar-refractivity contribution < 1.29 is 9.53 Å². The summed E-state index contributed by atoms with van der Waals surface area (Å²) in [6, 6.07) is 16.6. The number of thioether (sulfide) groups is 1. The first-order valence-electron chi connectivity index (χ1n) is 8.29. The number of carbonyl (C=O) groups excluding carboxylic acids is 1. The molecule has 0 N–H and O–H groups in total. The summed E-state index contributed by atoms with van der Waals surface area (Å²) in [5, 5.41) is 0. The molecule has 3 nitrogen and oxygen atoms in total. The van der Waals surface area contributed by atoms with Gasteiger partial charge in [0.25, 0.3) is 0 Å². The van der Waals surface area contributed by atoms with E-state index in [4.69, 9.17) is 4.74 Å². The second-order valence-electron chi connectivity index (χ2n) is 6.08. The highest BCUT2D eigenvalue weighted by molar-refractivity contribution is 8.00. The van der Waals surface area contributed by atoms with Gasteiger partial charge in [-0.1, -0.05) is 24.3 Å². The summed E-state index contributed by atoms with van der Waals surface area (Å²) in [4.78, 5) is 15.6. The van der Waals surface area contributed by atoms with Gasteiger partial charge in [0.2, 0.25) is 5.91 Å². The Bertz CT molecular complexity index is 699. The Morgan fingerprint density at radius 1 is 1.21 bits per heavy atom. The monoisotopic (exact) mass is 341 g/mol. The molecule has 0 unspecified atom stereocenters. The van der Waals surface area contributed by atoms with E-state index in [1.54, 1.807) is 18.9 Å². The average Bonchev–Trinajstić information content (AvgIpc) is 2.65. The summed E-state index contributed by atoms with van der Waals surface area (Å²) >= 11 is 1.57. The topological polar surface area (TPSA) is 29.5 Å². The average molecular weight is 341 g/mol. The highest BCUT2D eigenvalue weighted by atomic mass is 32.2. The van der Waals surface area contributed by atoms with Gasteiger partial charge in [-0.25, -0.2) is 0 Å². The third kappa shape index (κ3) is 3.75. The molecule has 24 heavy (non-hydrogen) atoms. The summed E-state index contributed by atoms with van der Waals surface area (Å²) in [6.07, 6.45) is 3.31. The molecular weight excluding hydrogens is 318 g/mol. The van der Waals surface area contributed by atoms with Gasteiger partial charge >= 0.3 is 0 Å². The quantitative estimate of drug-likeness (QED) is 0.759. The number of carbonyl (C=O) groups is 1. The highest BCUT2D eigenvalue weighted by Crippen LogP contribution is 2.34. The maximum absolute atomic E-state index is 12.6. The number of ether oxygens (including phenoxy) is 1. The Kier molecular flexibility index (Phi) is 5.46. The van der Waals surface area contributed by atoms with Crippen molar-refractivity contribution >= 4 is 17.7 Å². The number of benzene rings is 2. The normalized spacial score (nSPS) is 16.3. The van der Waals surface area contributed by atoms with Crippen LogP contribution >= 0.6 is 11.8 Å². The van der Waals surface area contributed by atoms with Gasteiger partial charge in [-0.3, -0.25) is 4.79 Å². The van der Waals surface area contributed by atoms with Crippen molar-refractivity contribution in [3.8, 4) is 5.75 Å². The summed E-state index contributed by atoms with van der Waals surface area (Å²) in [5.41, 5.74) is 2.70. The van der Waals surface area contributed by atoms with Crippen molar-refractivity contribution in [3.63, 3.8) is 0 Å². The van der Waals surface area contributed by atoms with Crippen molar-refractivity contribution in [1.82, 2.24) is 4.90 Å². The van der Waals surface area contributed by atoms with E-state index in [-0.39, 0.29) is 11.9 Å². The zero-order valence-corrected chi connectivity index (χ0v) is 15.0. The van der Waals surface area contributed by atoms with Crippen LogP contribution in [0, 0.1) is 0 Å². The molecule has 0 spiro atoms. The van der Waals surface area contributed by atoms with Crippen LogP contribution in [0.25, 0.3) is 0 Å². The molecule has 126 valence electrons. The lowest BCUT2D eigenvalue weighted by Gasteiger charge is -2.33. The van der Waals surface area contributed by atoms with Crippen LogP contribution < -0.4 is 4.74 Å². The fourth-order valence-corrected chi connectivity index (χ4v) is 4.05. The predicted molar refractivity (Wildman–Crippen MR) is 98.6 cm³/mol. The summed E-state index contributed by atoms with van der Waals surface area (Å²) in [7, 11) is 3.59. The molecule has 0 aromatic heterocycles. The summed E-state index contributed by atoms with van der Waals surface area (Å²) in [5.74, 6) is 1.47. The first kappa shape index (κ1) is 16.9. The number of hydrogen-bond acceptors (Lipinski definition) is 3. The Morgan fingerprint density at radius 3 is 2.71 bits per heavy atom. The number of nitrogens with zero attached hydrogens (tertiary/aromatic N) is 1. The van der Waals surface area contributed by atoms with E-state index in [0.29, 0.717) is 5.75 Å². The first-order chi connectivity index (χ1) is 11.7. The largest absolute Gasteiger partial charge is 0.497 e. The van der Waals surface area contributed by atoms with Gasteiger partial charge in [0, 0.05) is 11.9 Å². The summed E-state index contributed by atoms with van der Waals surface area (Å²) in [6.45, 7) is 0. The lowest BCUT2D eigenvalue weighted by atomic mass is 9.87. The van der Waals surface area contributed by atoms with Crippen LogP contribution in [0.3, 0.4) is 0 Å². The molecule has 0 bridgehead atoms. The lowest BCUT2D eigenvalue weighted by Crippen LogP contribution is -2.34. The number of fused-ring (bicyclic) bond motifs is 1. The third-order valence-electron chi connectivity index (χ3n) is 4.62. The molecule has 0 saturated carbocycles. The minimum absolute atomic E-state index is 0.178. The smallest absolute Gasteiger partial charge is 0.233 e. The van der Waals surface area contributed by atoms with Gasteiger partial charge in [0.05, 0.1) is 18.9 Å². The number of rotatable bonds is 5. The van der Waals surface area contributed by atoms with E-state index in [9.17, 15) is 4.79 Å². The maximum Gasteiger partial charge on any atom is 0.233 e. The van der Waals surface area contributed by atoms with Crippen molar-refractivity contribution in [2.45, 2.75) is 30.2 Å². The van der Waals surface area contributed by atoms with Gasteiger partial charge in [-0.05, 0) is 54.7 Å². The molecule has 1 aliphatic carbocycles. The Labute approximate surface area is 148 Å². The van der Waals surface area contributed by atoms with Crippen molar-refractivity contribution in [2.24, 2.45) is 0 Å². The Hall–Kier alpha value is -1.94. The molecule has 1 atom stereocenters. The van der Waals surface area contributed by atoms with Gasteiger partial charge in [0.1, 0.15) is 5.75 Å². The van der Waals surface area contributed by atoms with Crippen LogP contribution in [0.2, 0.25) is 0 Å². The lowest BCUT2D eigenvalue weighted by molar-refractivity contribution is -0.129. The first-order valence-corrected chi connectivity index (χ1v) is 9.28. The van der Waals surface area contributed by atoms with E-state index >= 15 is 0 Å². The van der Waals surface area contributed by atoms with Crippen LogP contribution in [-0.4, -0.2) is 30.7 Å². The Balaban J connectivity index is 1.62. The zero-order chi connectivity index (χ0) is 16.9. The van der Waals surface area contributed by atoms with Crippen LogP contribution in [0.5, 0.6) is 5.75 Å². The number of aryl methyl sites for hydroxylation is 1. The number of hydrogen-bond donors (Lipinski definition) is 0. The second kappa shape index (κ2) is 7.75. The van der Waals surface area contributed by atoms with Gasteiger partial charge in [-0.2, -0.15) is 0 Å². The van der Waals surface area contributed by atoms with Gasteiger partial charge in [0.15, 0.2) is 0 Å². The van der Waals surface area contributed by atoms with Crippen molar-refractivity contribution in [3.05, 3.63) is 59.7 Å². The van der Waals surface area contributed by atoms with Crippen LogP contribution in [0.1, 0.15) is 30.0 Å². The molecule has 1 amide bonds. The SMILES string of the molecule is COc1ccc(SCC(=O)N(C)[C@@H]2CCCc3ccccc32)cc1. The molecule has 2 aromatic rings. The zero-order valence-electron chi connectivity index (χ0n) is 14.2. The third-order valence-corrected chi connectivity index (χ3v) is 5.62. The van der Waals surface area contributed by atoms with E-state index < -0.39 is 0 Å². The minimum atomic E-state index is 0.178. The fraction of sp³-hybridized carbons (Fsp3) is 0.350. The predicted octanol–water partition coefficient (Wildman–Crippen LogP) is 4.32. The fourth-order valence-electron chi connectivity index (χ4n) is 3.22. The molecule has 0 fully saturated rings. The van der Waals surface area contributed by atoms with E-state index in [1.807, 2.05) is 36.2 Å². The van der Waals surface area contributed by atoms with Gasteiger partial charge < -0.3 is 9.64 Å². The second-order valence-corrected chi connectivity index (χ2v) is 7.12. The molecule has 2 aromatic carbocycles. The molecule has 0 saturated heterocycles. The molecule has 1 aliphatic rings. The molecule has 0 radical (unpaired) electrons. The van der Waals surface area contributed by atoms with Gasteiger partial charge in [-0.15, -0.1) is 11.8 Å². The maximum atomic E-state index is 12.6. The van der Waals surface area contributed by atoms with Crippen LogP contribution in [0.4, 0.5) is 0 Å². The number of methoxy groups -OCH3 is 1. The minimum Gasteiger partial charge on any atom is -0.497 e. The van der Waals surface area contributed by atoms with Crippen molar-refractivity contribution in [2.75, 3.05) is 19.9 Å². The summed E-state index contributed by atoms with van der Waals surface area (Å²) < 4.78 is 5.16. The van der Waals surface area contributed by atoms with Crippen LogP contribution in [-0.2, 0) is 11.2 Å². The molecule has 3 rings (SSSR count).